The summed E-state index contributed by atoms with van der Waals surface area (Å²) in [7, 11) is 3.06. The van der Waals surface area contributed by atoms with Gasteiger partial charge in [-0.1, -0.05) is 84.4 Å². The van der Waals surface area contributed by atoms with Crippen molar-refractivity contribution < 1.29 is 23.9 Å². The Morgan fingerprint density at radius 1 is 0.759 bits per heavy atom. The summed E-state index contributed by atoms with van der Waals surface area (Å²) in [5, 5.41) is 8.65. The van der Waals surface area contributed by atoms with Crippen molar-refractivity contribution in [3.8, 4) is 22.8 Å². The summed E-state index contributed by atoms with van der Waals surface area (Å²) in [5.74, 6) is -0.158. The number of thiazole rings is 1. The van der Waals surface area contributed by atoms with E-state index < -0.39 is 17.1 Å². The lowest BCUT2D eigenvalue weighted by Gasteiger charge is -2.17. The monoisotopic (exact) mass is 754 g/mol. The Kier molecular flexibility index (Phi) is 12.2. The fourth-order valence-electron chi connectivity index (χ4n) is 5.50. The van der Waals surface area contributed by atoms with Crippen LogP contribution in [0.1, 0.15) is 37.2 Å². The van der Waals surface area contributed by atoms with Crippen molar-refractivity contribution in [2.24, 2.45) is 0 Å². The van der Waals surface area contributed by atoms with Gasteiger partial charge in [-0.2, -0.15) is 0 Å². The molecular formula is C43H38N4O5S2. The summed E-state index contributed by atoms with van der Waals surface area (Å²) in [6.45, 7) is 4.04. The third kappa shape index (κ3) is 9.43. The SMILES string of the molecule is COc1ccc(/C=C(\NC(=O)c2ccccc2)C(=O)Nc2ccc(SC(C(=O)Nc3nc(-c4ccc(C)cc4)c(C)s3)c3ccccc3)cc2)cc1OC. The quantitative estimate of drug-likeness (QED) is 0.0795. The average Bonchev–Trinajstić information content (AvgIpc) is 3.57. The third-order valence-electron chi connectivity index (χ3n) is 8.31. The number of benzene rings is 5. The third-order valence-corrected chi connectivity index (χ3v) is 10.5. The molecule has 54 heavy (non-hydrogen) atoms. The van der Waals surface area contributed by atoms with Crippen LogP contribution < -0.4 is 25.4 Å². The van der Waals surface area contributed by atoms with Crippen LogP contribution >= 0.6 is 23.1 Å². The summed E-state index contributed by atoms with van der Waals surface area (Å²) in [4.78, 5) is 47.3. The molecule has 0 aliphatic heterocycles. The number of anilines is 2. The van der Waals surface area contributed by atoms with E-state index in [9.17, 15) is 14.4 Å². The molecule has 6 rings (SSSR count). The molecule has 0 spiro atoms. The van der Waals surface area contributed by atoms with Gasteiger partial charge in [0.25, 0.3) is 11.8 Å². The first kappa shape index (κ1) is 37.6. The lowest BCUT2D eigenvalue weighted by Crippen LogP contribution is -2.30. The molecule has 3 N–H and O–H groups in total. The number of hydrogen-bond acceptors (Lipinski definition) is 8. The summed E-state index contributed by atoms with van der Waals surface area (Å²) >= 11 is 2.83. The zero-order chi connectivity index (χ0) is 38.0. The van der Waals surface area contributed by atoms with Crippen molar-refractivity contribution in [3.63, 3.8) is 0 Å². The minimum absolute atomic E-state index is 0.0262. The van der Waals surface area contributed by atoms with Crippen LogP contribution in [0.4, 0.5) is 10.8 Å². The Morgan fingerprint density at radius 3 is 2.09 bits per heavy atom. The molecule has 0 saturated heterocycles. The maximum atomic E-state index is 13.8. The molecule has 0 bridgehead atoms. The van der Waals surface area contributed by atoms with Gasteiger partial charge in [0.2, 0.25) is 5.91 Å². The number of amides is 3. The molecule has 0 aliphatic rings. The van der Waals surface area contributed by atoms with Gasteiger partial charge >= 0.3 is 0 Å². The van der Waals surface area contributed by atoms with Crippen LogP contribution in [0.15, 0.2) is 138 Å². The zero-order valence-electron chi connectivity index (χ0n) is 30.1. The Morgan fingerprint density at radius 2 is 1.43 bits per heavy atom. The maximum absolute atomic E-state index is 13.8. The number of carbonyl (C=O) groups excluding carboxylic acids is 3. The van der Waals surface area contributed by atoms with E-state index in [1.165, 1.54) is 42.9 Å². The van der Waals surface area contributed by atoms with Crippen molar-refractivity contribution in [1.82, 2.24) is 10.3 Å². The van der Waals surface area contributed by atoms with Crippen LogP contribution in [0.2, 0.25) is 0 Å². The van der Waals surface area contributed by atoms with Crippen molar-refractivity contribution in [3.05, 3.63) is 160 Å². The van der Waals surface area contributed by atoms with Crippen molar-refractivity contribution in [1.29, 1.82) is 0 Å². The van der Waals surface area contributed by atoms with Crippen LogP contribution in [0, 0.1) is 13.8 Å². The van der Waals surface area contributed by atoms with E-state index in [1.54, 1.807) is 60.7 Å². The molecule has 1 heterocycles. The van der Waals surface area contributed by atoms with Crippen LogP contribution in [0.5, 0.6) is 11.5 Å². The van der Waals surface area contributed by atoms with Gasteiger partial charge < -0.3 is 25.4 Å². The number of hydrogen-bond donors (Lipinski definition) is 3. The van der Waals surface area contributed by atoms with Crippen LogP contribution in [0.25, 0.3) is 17.3 Å². The predicted octanol–water partition coefficient (Wildman–Crippen LogP) is 9.33. The first-order valence-corrected chi connectivity index (χ1v) is 18.7. The van der Waals surface area contributed by atoms with Gasteiger partial charge in [0.05, 0.1) is 19.9 Å². The van der Waals surface area contributed by atoms with Gasteiger partial charge in [0.1, 0.15) is 10.9 Å². The number of nitrogens with zero attached hydrogens (tertiary/aromatic N) is 1. The number of thioether (sulfide) groups is 1. The average molecular weight is 755 g/mol. The molecule has 1 aromatic heterocycles. The van der Waals surface area contributed by atoms with Crippen LogP contribution in [-0.4, -0.2) is 36.9 Å². The highest BCUT2D eigenvalue weighted by Crippen LogP contribution is 2.38. The van der Waals surface area contributed by atoms with E-state index in [4.69, 9.17) is 14.5 Å². The lowest BCUT2D eigenvalue weighted by molar-refractivity contribution is -0.116. The molecule has 1 atom stereocenters. The number of aryl methyl sites for hydroxylation is 2. The van der Waals surface area contributed by atoms with Crippen molar-refractivity contribution in [2.75, 3.05) is 24.9 Å². The standard InChI is InChI=1S/C43H38N4O5S2/c1-27-15-18-30(19-16-27)38-28(2)53-43(46-38)47-42(50)39(31-11-7-5-8-12-31)54-34-22-20-33(21-23-34)44-41(49)35(45-40(48)32-13-9-6-10-14-32)25-29-17-24-36(51-3)37(26-29)52-4/h5-26,39H,1-4H3,(H,44,49)(H,45,48)(H,46,47,50)/b35-25-. The molecule has 6 aromatic rings. The minimum Gasteiger partial charge on any atom is -0.493 e. The number of methoxy groups -OCH3 is 2. The first-order valence-electron chi connectivity index (χ1n) is 17.0. The van der Waals surface area contributed by atoms with E-state index >= 15 is 0 Å². The molecule has 0 radical (unpaired) electrons. The van der Waals surface area contributed by atoms with Crippen molar-refractivity contribution in [2.45, 2.75) is 24.0 Å². The van der Waals surface area contributed by atoms with E-state index in [0.29, 0.717) is 33.4 Å². The Balaban J connectivity index is 1.19. The molecule has 1 unspecified atom stereocenters. The van der Waals surface area contributed by atoms with Gasteiger partial charge in [-0.25, -0.2) is 4.98 Å². The molecule has 3 amide bonds. The second kappa shape index (κ2) is 17.6. The van der Waals surface area contributed by atoms with Gasteiger partial charge in [0.15, 0.2) is 16.6 Å². The number of aromatic nitrogens is 1. The molecule has 5 aromatic carbocycles. The highest BCUT2D eigenvalue weighted by atomic mass is 32.2. The van der Waals surface area contributed by atoms with E-state index in [-0.39, 0.29) is 11.6 Å². The number of rotatable bonds is 13. The summed E-state index contributed by atoms with van der Waals surface area (Å²) in [6.07, 6.45) is 1.57. The molecule has 0 fully saturated rings. The van der Waals surface area contributed by atoms with Gasteiger partial charge in [-0.3, -0.25) is 14.4 Å². The zero-order valence-corrected chi connectivity index (χ0v) is 31.7. The summed E-state index contributed by atoms with van der Waals surface area (Å²) in [6, 6.07) is 38.8. The normalized spacial score (nSPS) is 11.7. The number of carbonyl (C=O) groups is 3. The molecule has 9 nitrogen and oxygen atoms in total. The number of nitrogens with one attached hydrogen (secondary N) is 3. The minimum atomic E-state index is -0.581. The van der Waals surface area contributed by atoms with E-state index in [2.05, 4.69) is 16.0 Å². The molecule has 0 saturated carbocycles. The Labute approximate surface area is 322 Å². The first-order chi connectivity index (χ1) is 26.2. The molecular weight excluding hydrogens is 717 g/mol. The highest BCUT2D eigenvalue weighted by molar-refractivity contribution is 8.00. The van der Waals surface area contributed by atoms with Gasteiger partial charge in [-0.05, 0) is 79.6 Å². The molecule has 11 heteroatoms. The topological polar surface area (TPSA) is 119 Å². The molecule has 0 aliphatic carbocycles. The molecule has 272 valence electrons. The van der Waals surface area contributed by atoms with Crippen LogP contribution in [-0.2, 0) is 9.59 Å². The summed E-state index contributed by atoms with van der Waals surface area (Å²) < 4.78 is 10.8. The second-order valence-electron chi connectivity index (χ2n) is 12.2. The van der Waals surface area contributed by atoms with E-state index in [1.807, 2.05) is 86.6 Å². The maximum Gasteiger partial charge on any atom is 0.272 e. The lowest BCUT2D eigenvalue weighted by atomic mass is 10.1. The van der Waals surface area contributed by atoms with Gasteiger partial charge in [0, 0.05) is 26.6 Å². The highest BCUT2D eigenvalue weighted by Gasteiger charge is 2.24. The van der Waals surface area contributed by atoms with E-state index in [0.717, 1.165) is 26.6 Å². The Bertz CT molecular complexity index is 2270. The second-order valence-corrected chi connectivity index (χ2v) is 14.5. The fourth-order valence-corrected chi connectivity index (χ4v) is 7.37. The smallest absolute Gasteiger partial charge is 0.272 e. The van der Waals surface area contributed by atoms with Crippen LogP contribution in [0.3, 0.4) is 0 Å². The largest absolute Gasteiger partial charge is 0.493 e. The van der Waals surface area contributed by atoms with Gasteiger partial charge in [-0.15, -0.1) is 23.1 Å². The predicted molar refractivity (Wildman–Crippen MR) is 217 cm³/mol. The Hall–Kier alpha value is -6.17. The summed E-state index contributed by atoms with van der Waals surface area (Å²) in [5.41, 5.74) is 5.39. The van der Waals surface area contributed by atoms with Crippen molar-refractivity contribution >= 4 is 57.7 Å². The number of ether oxygens (including phenoxy) is 2. The fraction of sp³-hybridized carbons (Fsp3) is 0.116.